The highest BCUT2D eigenvalue weighted by molar-refractivity contribution is 7.99. The molecule has 1 rings (SSSR count). The third-order valence-corrected chi connectivity index (χ3v) is 3.66. The number of aliphatic carboxylic acids is 1. The smallest absolute Gasteiger partial charge is 0.307 e. The summed E-state index contributed by atoms with van der Waals surface area (Å²) in [6.45, 7) is 4.33. The van der Waals surface area contributed by atoms with Crippen molar-refractivity contribution in [1.82, 2.24) is 0 Å². The molecule has 0 aromatic heterocycles. The van der Waals surface area contributed by atoms with Gasteiger partial charge in [-0.05, 0) is 35.8 Å². The van der Waals surface area contributed by atoms with Crippen LogP contribution in [0.3, 0.4) is 0 Å². The van der Waals surface area contributed by atoms with Gasteiger partial charge in [-0.1, -0.05) is 26.0 Å². The number of carbonyl (C=O) groups is 2. The van der Waals surface area contributed by atoms with E-state index in [-0.39, 0.29) is 12.3 Å². The molecule has 0 saturated heterocycles. The van der Waals surface area contributed by atoms with Crippen LogP contribution >= 0.6 is 11.8 Å². The molecule has 5 heteroatoms. The highest BCUT2D eigenvalue weighted by Crippen LogP contribution is 2.12. The maximum atomic E-state index is 11.7. The number of anilines is 1. The molecule has 0 fully saturated rings. The molecule has 0 saturated carbocycles. The van der Waals surface area contributed by atoms with Gasteiger partial charge in [-0.3, -0.25) is 9.59 Å². The van der Waals surface area contributed by atoms with Crippen molar-refractivity contribution in [1.29, 1.82) is 0 Å². The Kier molecular flexibility index (Phi) is 7.15. The molecule has 0 radical (unpaired) electrons. The first-order chi connectivity index (χ1) is 9.47. The van der Waals surface area contributed by atoms with Gasteiger partial charge in [0.2, 0.25) is 5.91 Å². The standard InChI is InChI=1S/C15H21NO3S/c1-11(2)7-8-20-10-14(17)16-13-5-3-12(4-6-13)9-15(18)19/h3-6,11H,7-10H2,1-2H3,(H,16,17)(H,18,19). The maximum Gasteiger partial charge on any atom is 0.307 e. The van der Waals surface area contributed by atoms with Gasteiger partial charge < -0.3 is 10.4 Å². The second kappa shape index (κ2) is 8.64. The first kappa shape index (κ1) is 16.6. The molecule has 2 N–H and O–H groups in total. The summed E-state index contributed by atoms with van der Waals surface area (Å²) in [6.07, 6.45) is 1.11. The van der Waals surface area contributed by atoms with E-state index in [2.05, 4.69) is 19.2 Å². The minimum Gasteiger partial charge on any atom is -0.481 e. The molecule has 4 nitrogen and oxygen atoms in total. The van der Waals surface area contributed by atoms with Gasteiger partial charge >= 0.3 is 5.97 Å². The lowest BCUT2D eigenvalue weighted by Gasteiger charge is -2.07. The highest BCUT2D eigenvalue weighted by atomic mass is 32.2. The number of carboxylic acids is 1. The van der Waals surface area contributed by atoms with Crippen LogP contribution in [0.25, 0.3) is 0 Å². The van der Waals surface area contributed by atoms with Crippen molar-refractivity contribution in [3.8, 4) is 0 Å². The van der Waals surface area contributed by atoms with Gasteiger partial charge in [0.15, 0.2) is 0 Å². The Bertz CT molecular complexity index is 443. The molecule has 1 aromatic carbocycles. The Balaban J connectivity index is 2.33. The van der Waals surface area contributed by atoms with Gasteiger partial charge in [-0.25, -0.2) is 0 Å². The van der Waals surface area contributed by atoms with E-state index in [9.17, 15) is 9.59 Å². The zero-order valence-electron chi connectivity index (χ0n) is 11.9. The third kappa shape index (κ3) is 7.19. The number of benzene rings is 1. The molecule has 0 aliphatic rings. The first-order valence-electron chi connectivity index (χ1n) is 6.65. The molecule has 0 spiro atoms. The van der Waals surface area contributed by atoms with Crippen LogP contribution in [0, 0.1) is 5.92 Å². The van der Waals surface area contributed by atoms with Gasteiger partial charge in [0.1, 0.15) is 0 Å². The van der Waals surface area contributed by atoms with Crippen molar-refractivity contribution in [2.45, 2.75) is 26.7 Å². The Morgan fingerprint density at radius 1 is 1.25 bits per heavy atom. The Labute approximate surface area is 124 Å². The van der Waals surface area contributed by atoms with Crippen LogP contribution in [0.4, 0.5) is 5.69 Å². The quantitative estimate of drug-likeness (QED) is 0.723. The molecule has 110 valence electrons. The monoisotopic (exact) mass is 295 g/mol. The molecular formula is C15H21NO3S. The molecule has 0 unspecified atom stereocenters. The average molecular weight is 295 g/mol. The van der Waals surface area contributed by atoms with Gasteiger partial charge in [0.05, 0.1) is 12.2 Å². The van der Waals surface area contributed by atoms with Crippen LogP contribution in [0.1, 0.15) is 25.8 Å². The molecule has 20 heavy (non-hydrogen) atoms. The summed E-state index contributed by atoms with van der Waals surface area (Å²) in [4.78, 5) is 22.2. The van der Waals surface area contributed by atoms with E-state index in [1.807, 2.05) is 0 Å². The average Bonchev–Trinajstić information content (AvgIpc) is 2.36. The zero-order valence-corrected chi connectivity index (χ0v) is 12.7. The molecular weight excluding hydrogens is 274 g/mol. The molecule has 1 amide bonds. The number of hydrogen-bond donors (Lipinski definition) is 2. The number of carboxylic acid groups (broad SMARTS) is 1. The summed E-state index contributed by atoms with van der Waals surface area (Å²) < 4.78 is 0. The maximum absolute atomic E-state index is 11.7. The zero-order chi connectivity index (χ0) is 15.0. The summed E-state index contributed by atoms with van der Waals surface area (Å²) >= 11 is 1.63. The molecule has 0 aliphatic carbocycles. The summed E-state index contributed by atoms with van der Waals surface area (Å²) in [5.41, 5.74) is 1.43. The van der Waals surface area contributed by atoms with E-state index in [1.54, 1.807) is 36.0 Å². The Morgan fingerprint density at radius 3 is 2.45 bits per heavy atom. The summed E-state index contributed by atoms with van der Waals surface area (Å²) in [6, 6.07) is 6.90. The largest absolute Gasteiger partial charge is 0.481 e. The second-order valence-corrected chi connectivity index (χ2v) is 6.16. The van der Waals surface area contributed by atoms with Crippen molar-refractivity contribution in [3.63, 3.8) is 0 Å². The number of thioether (sulfide) groups is 1. The highest BCUT2D eigenvalue weighted by Gasteiger charge is 2.04. The minimum absolute atomic E-state index is 0.000714. The lowest BCUT2D eigenvalue weighted by atomic mass is 10.1. The number of amides is 1. The summed E-state index contributed by atoms with van der Waals surface area (Å²) in [7, 11) is 0. The predicted octanol–water partition coefficient (Wildman–Crippen LogP) is 3.03. The molecule has 0 aliphatic heterocycles. The van der Waals surface area contributed by atoms with E-state index < -0.39 is 5.97 Å². The van der Waals surface area contributed by atoms with E-state index >= 15 is 0 Å². The van der Waals surface area contributed by atoms with Crippen molar-refractivity contribution in [3.05, 3.63) is 29.8 Å². The van der Waals surface area contributed by atoms with E-state index in [0.29, 0.717) is 17.4 Å². The second-order valence-electron chi connectivity index (χ2n) is 5.05. The number of carbonyl (C=O) groups excluding carboxylic acids is 1. The fraction of sp³-hybridized carbons (Fsp3) is 0.467. The van der Waals surface area contributed by atoms with Crippen molar-refractivity contribution < 1.29 is 14.7 Å². The SMILES string of the molecule is CC(C)CCSCC(=O)Nc1ccc(CC(=O)O)cc1. The molecule has 0 atom stereocenters. The minimum atomic E-state index is -0.858. The third-order valence-electron chi connectivity index (χ3n) is 2.67. The molecule has 0 heterocycles. The van der Waals surface area contributed by atoms with Crippen LogP contribution in [0.5, 0.6) is 0 Å². The Hall–Kier alpha value is -1.49. The lowest BCUT2D eigenvalue weighted by molar-refractivity contribution is -0.136. The number of rotatable bonds is 8. The Morgan fingerprint density at radius 2 is 1.90 bits per heavy atom. The van der Waals surface area contributed by atoms with Crippen LogP contribution < -0.4 is 5.32 Å². The summed E-state index contributed by atoms with van der Waals surface area (Å²) in [5, 5.41) is 11.5. The number of hydrogen-bond acceptors (Lipinski definition) is 3. The van der Waals surface area contributed by atoms with Gasteiger partial charge in [0, 0.05) is 5.69 Å². The van der Waals surface area contributed by atoms with Gasteiger partial charge in [-0.15, -0.1) is 0 Å². The predicted molar refractivity (Wildman–Crippen MR) is 83.2 cm³/mol. The van der Waals surface area contributed by atoms with Crippen molar-refractivity contribution in [2.75, 3.05) is 16.8 Å². The van der Waals surface area contributed by atoms with E-state index in [4.69, 9.17) is 5.11 Å². The number of nitrogens with one attached hydrogen (secondary N) is 1. The van der Waals surface area contributed by atoms with Crippen LogP contribution in [-0.4, -0.2) is 28.5 Å². The van der Waals surface area contributed by atoms with Gasteiger partial charge in [-0.2, -0.15) is 11.8 Å². The fourth-order valence-corrected chi connectivity index (χ4v) is 2.60. The van der Waals surface area contributed by atoms with Crippen LogP contribution in [-0.2, 0) is 16.0 Å². The first-order valence-corrected chi connectivity index (χ1v) is 7.81. The molecule has 0 bridgehead atoms. The van der Waals surface area contributed by atoms with E-state index in [0.717, 1.165) is 17.7 Å². The lowest BCUT2D eigenvalue weighted by Crippen LogP contribution is -2.14. The fourth-order valence-electron chi connectivity index (χ4n) is 1.56. The van der Waals surface area contributed by atoms with Crippen molar-refractivity contribution in [2.24, 2.45) is 5.92 Å². The van der Waals surface area contributed by atoms with Crippen molar-refractivity contribution >= 4 is 29.3 Å². The molecule has 1 aromatic rings. The van der Waals surface area contributed by atoms with Gasteiger partial charge in [0.25, 0.3) is 0 Å². The van der Waals surface area contributed by atoms with E-state index in [1.165, 1.54) is 0 Å². The van der Waals surface area contributed by atoms with Crippen LogP contribution in [0.2, 0.25) is 0 Å². The van der Waals surface area contributed by atoms with Crippen LogP contribution in [0.15, 0.2) is 24.3 Å². The summed E-state index contributed by atoms with van der Waals surface area (Å²) in [5.74, 6) is 1.21. The normalized spacial score (nSPS) is 10.6. The topological polar surface area (TPSA) is 66.4 Å².